The van der Waals surface area contributed by atoms with Gasteiger partial charge in [-0.1, -0.05) is 36.4 Å². The average molecular weight is 355 g/mol. The monoisotopic (exact) mass is 355 g/mol. The van der Waals surface area contributed by atoms with Crippen molar-refractivity contribution >= 4 is 0 Å². The minimum absolute atomic E-state index is 0.260. The number of hydrogen-bond acceptors (Lipinski definition) is 2. The molecule has 4 rings (SSSR count). The number of hydrogen-bond donors (Lipinski definition) is 1. The maximum Gasteiger partial charge on any atom is 0.119 e. The maximum absolute atomic E-state index is 9.82. The van der Waals surface area contributed by atoms with Crippen LogP contribution in [0.5, 0.6) is 11.5 Å². The molecule has 0 saturated heterocycles. The molecule has 0 aliphatic rings. The largest absolute Gasteiger partial charge is 0.508 e. The van der Waals surface area contributed by atoms with Gasteiger partial charge in [0.2, 0.25) is 0 Å². The van der Waals surface area contributed by atoms with Crippen LogP contribution < -0.4 is 4.74 Å². The summed E-state index contributed by atoms with van der Waals surface area (Å²) in [5, 5.41) is 9.82. The fourth-order valence-electron chi connectivity index (χ4n) is 3.20. The quantitative estimate of drug-likeness (QED) is 0.495. The highest BCUT2D eigenvalue weighted by Crippen LogP contribution is 2.29. The molecule has 0 aliphatic carbocycles. The van der Waals surface area contributed by atoms with Crippen LogP contribution in [0.25, 0.3) is 16.9 Å². The summed E-state index contributed by atoms with van der Waals surface area (Å²) >= 11 is 0. The summed E-state index contributed by atoms with van der Waals surface area (Å²) in [4.78, 5) is 0. The molecule has 0 spiro atoms. The molecule has 1 aromatic heterocycles. The number of aromatic hydroxyl groups is 1. The Labute approximate surface area is 159 Å². The molecule has 0 bridgehead atoms. The zero-order valence-electron chi connectivity index (χ0n) is 15.2. The molecule has 0 fully saturated rings. The third-order valence-electron chi connectivity index (χ3n) is 4.56. The predicted molar refractivity (Wildman–Crippen MR) is 108 cm³/mol. The zero-order valence-corrected chi connectivity index (χ0v) is 15.2. The number of benzene rings is 3. The lowest BCUT2D eigenvalue weighted by molar-refractivity contribution is 0.306. The van der Waals surface area contributed by atoms with Crippen molar-refractivity contribution in [3.8, 4) is 28.4 Å². The van der Waals surface area contributed by atoms with Crippen molar-refractivity contribution in [1.29, 1.82) is 0 Å². The van der Waals surface area contributed by atoms with Crippen LogP contribution in [0, 0.1) is 6.92 Å². The van der Waals surface area contributed by atoms with Gasteiger partial charge >= 0.3 is 0 Å². The Kier molecular flexibility index (Phi) is 4.67. The van der Waals surface area contributed by atoms with Crippen LogP contribution in [0.4, 0.5) is 0 Å². The van der Waals surface area contributed by atoms with E-state index >= 15 is 0 Å². The summed E-state index contributed by atoms with van der Waals surface area (Å²) in [6.07, 6.45) is 0. The van der Waals surface area contributed by atoms with Gasteiger partial charge in [0.1, 0.15) is 18.1 Å². The van der Waals surface area contributed by atoms with E-state index < -0.39 is 0 Å². The Morgan fingerprint density at radius 3 is 2.33 bits per heavy atom. The second kappa shape index (κ2) is 7.42. The summed E-state index contributed by atoms with van der Waals surface area (Å²) in [7, 11) is 0. The molecule has 27 heavy (non-hydrogen) atoms. The van der Waals surface area contributed by atoms with Gasteiger partial charge in [-0.3, -0.25) is 0 Å². The summed E-state index contributed by atoms with van der Waals surface area (Å²) in [5.74, 6) is 1.10. The molecular weight excluding hydrogens is 334 g/mol. The SMILES string of the molecule is Cc1ccc(-c2ccc(OCc3ccccc3)cc2)n1-c1cccc(O)c1. The first-order chi connectivity index (χ1) is 13.2. The molecule has 0 amide bonds. The molecule has 0 saturated carbocycles. The molecule has 3 heteroatoms. The first kappa shape index (κ1) is 17.0. The van der Waals surface area contributed by atoms with Crippen molar-refractivity contribution in [2.75, 3.05) is 0 Å². The van der Waals surface area contributed by atoms with Crippen LogP contribution in [0.15, 0.2) is 91.0 Å². The minimum atomic E-state index is 0.260. The van der Waals surface area contributed by atoms with Crippen molar-refractivity contribution in [3.05, 3.63) is 102 Å². The van der Waals surface area contributed by atoms with Crippen molar-refractivity contribution in [2.45, 2.75) is 13.5 Å². The van der Waals surface area contributed by atoms with E-state index in [4.69, 9.17) is 4.74 Å². The maximum atomic E-state index is 9.82. The average Bonchev–Trinajstić information content (AvgIpc) is 3.09. The van der Waals surface area contributed by atoms with Gasteiger partial charge in [0.05, 0.1) is 5.69 Å². The van der Waals surface area contributed by atoms with Crippen LogP contribution in [0.3, 0.4) is 0 Å². The van der Waals surface area contributed by atoms with Crippen LogP contribution in [-0.2, 0) is 6.61 Å². The lowest BCUT2D eigenvalue weighted by Gasteiger charge is -2.13. The highest BCUT2D eigenvalue weighted by Gasteiger charge is 2.10. The van der Waals surface area contributed by atoms with E-state index in [0.29, 0.717) is 6.61 Å². The van der Waals surface area contributed by atoms with Crippen molar-refractivity contribution in [2.24, 2.45) is 0 Å². The van der Waals surface area contributed by atoms with Gasteiger partial charge in [0, 0.05) is 17.4 Å². The highest BCUT2D eigenvalue weighted by molar-refractivity contribution is 5.65. The molecule has 3 nitrogen and oxygen atoms in total. The molecule has 4 aromatic rings. The fourth-order valence-corrected chi connectivity index (χ4v) is 3.20. The normalized spacial score (nSPS) is 10.7. The molecular formula is C24H21NO2. The van der Waals surface area contributed by atoms with Gasteiger partial charge in [0.15, 0.2) is 0 Å². The minimum Gasteiger partial charge on any atom is -0.508 e. The Hall–Kier alpha value is -3.46. The molecule has 1 N–H and O–H groups in total. The standard InChI is InChI=1S/C24H21NO2/c1-18-10-15-24(25(18)21-8-5-9-22(26)16-21)20-11-13-23(14-12-20)27-17-19-6-3-2-4-7-19/h2-16,26H,17H2,1H3. The van der Waals surface area contributed by atoms with E-state index in [9.17, 15) is 5.11 Å². The van der Waals surface area contributed by atoms with E-state index in [-0.39, 0.29) is 5.75 Å². The number of aryl methyl sites for hydroxylation is 1. The van der Waals surface area contributed by atoms with Gasteiger partial charge < -0.3 is 14.4 Å². The number of phenolic OH excluding ortho intramolecular Hbond substituents is 1. The second-order valence-corrected chi connectivity index (χ2v) is 6.51. The Morgan fingerprint density at radius 2 is 1.59 bits per heavy atom. The van der Waals surface area contributed by atoms with Crippen molar-refractivity contribution in [3.63, 3.8) is 0 Å². The molecule has 0 aliphatic heterocycles. The molecule has 134 valence electrons. The number of phenols is 1. The Bertz CT molecular complexity index is 1030. The van der Waals surface area contributed by atoms with Gasteiger partial charge in [0.25, 0.3) is 0 Å². The van der Waals surface area contributed by atoms with E-state index in [1.54, 1.807) is 12.1 Å². The fraction of sp³-hybridized carbons (Fsp3) is 0.0833. The Balaban J connectivity index is 1.58. The first-order valence-electron chi connectivity index (χ1n) is 8.95. The zero-order chi connectivity index (χ0) is 18.6. The van der Waals surface area contributed by atoms with Crippen LogP contribution in [-0.4, -0.2) is 9.67 Å². The van der Waals surface area contributed by atoms with Crippen LogP contribution >= 0.6 is 0 Å². The summed E-state index contributed by atoms with van der Waals surface area (Å²) in [6, 6.07) is 29.7. The molecule has 0 unspecified atom stereocenters. The van der Waals surface area contributed by atoms with Gasteiger partial charge in [-0.15, -0.1) is 0 Å². The molecule has 0 radical (unpaired) electrons. The first-order valence-corrected chi connectivity index (χ1v) is 8.95. The van der Waals surface area contributed by atoms with Crippen molar-refractivity contribution in [1.82, 2.24) is 4.57 Å². The smallest absolute Gasteiger partial charge is 0.119 e. The third-order valence-corrected chi connectivity index (χ3v) is 4.56. The summed E-state index contributed by atoms with van der Waals surface area (Å²) < 4.78 is 8.02. The van der Waals surface area contributed by atoms with E-state index in [1.807, 2.05) is 42.5 Å². The predicted octanol–water partition coefficient (Wildman–Crippen LogP) is 5.74. The summed E-state index contributed by atoms with van der Waals surface area (Å²) in [5.41, 5.74) is 5.37. The van der Waals surface area contributed by atoms with Crippen molar-refractivity contribution < 1.29 is 9.84 Å². The van der Waals surface area contributed by atoms with Gasteiger partial charge in [-0.05, 0) is 66.6 Å². The topological polar surface area (TPSA) is 34.4 Å². The van der Waals surface area contributed by atoms with Gasteiger partial charge in [-0.2, -0.15) is 0 Å². The molecule has 0 atom stereocenters. The number of ether oxygens (including phenoxy) is 1. The Morgan fingerprint density at radius 1 is 0.815 bits per heavy atom. The number of rotatable bonds is 5. The molecule has 1 heterocycles. The number of aromatic nitrogens is 1. The highest BCUT2D eigenvalue weighted by atomic mass is 16.5. The lowest BCUT2D eigenvalue weighted by Crippen LogP contribution is -1.99. The van der Waals surface area contributed by atoms with Gasteiger partial charge in [-0.25, -0.2) is 0 Å². The summed E-state index contributed by atoms with van der Waals surface area (Å²) in [6.45, 7) is 2.61. The molecule has 3 aromatic carbocycles. The second-order valence-electron chi connectivity index (χ2n) is 6.51. The van der Waals surface area contributed by atoms with E-state index in [0.717, 1.165) is 34.0 Å². The number of nitrogens with zero attached hydrogens (tertiary/aromatic N) is 1. The van der Waals surface area contributed by atoms with E-state index in [2.05, 4.69) is 47.9 Å². The third kappa shape index (κ3) is 3.72. The van der Waals surface area contributed by atoms with E-state index in [1.165, 1.54) is 0 Å². The van der Waals surface area contributed by atoms with Crippen LogP contribution in [0.2, 0.25) is 0 Å². The lowest BCUT2D eigenvalue weighted by atomic mass is 10.1. The van der Waals surface area contributed by atoms with Crippen LogP contribution in [0.1, 0.15) is 11.3 Å².